The van der Waals surface area contributed by atoms with Gasteiger partial charge in [-0.25, -0.2) is 4.99 Å². The molecule has 0 aliphatic carbocycles. The summed E-state index contributed by atoms with van der Waals surface area (Å²) in [5.74, 6) is -0.385. The summed E-state index contributed by atoms with van der Waals surface area (Å²) in [5, 5.41) is 1.76. The van der Waals surface area contributed by atoms with Crippen LogP contribution in [0.5, 0.6) is 0 Å². The number of thioether (sulfide) groups is 1. The van der Waals surface area contributed by atoms with E-state index in [1.807, 2.05) is 0 Å². The predicted molar refractivity (Wildman–Crippen MR) is 90.1 cm³/mol. The van der Waals surface area contributed by atoms with Crippen molar-refractivity contribution >= 4 is 57.5 Å². The lowest BCUT2D eigenvalue weighted by Gasteiger charge is -2.05. The number of carbonyl (C=O) groups is 1. The van der Waals surface area contributed by atoms with E-state index in [9.17, 15) is 4.79 Å². The maximum Gasteiger partial charge on any atom is 0.278 e. The summed E-state index contributed by atoms with van der Waals surface area (Å²) in [6, 6.07) is 8.06. The minimum absolute atomic E-state index is 0.347. The van der Waals surface area contributed by atoms with E-state index in [4.69, 9.17) is 34.8 Å². The number of carbonyl (C=O) groups excluding carboxylic acids is 1. The quantitative estimate of drug-likeness (QED) is 0.560. The summed E-state index contributed by atoms with van der Waals surface area (Å²) in [5.41, 5.74) is 0.868. The molecule has 2 aromatic rings. The van der Waals surface area contributed by atoms with E-state index >= 15 is 0 Å². The lowest BCUT2D eigenvalue weighted by atomic mass is 10.2. The molecule has 108 valence electrons. The number of nitrogens with zero attached hydrogens (tertiary/aromatic N) is 2. The molecule has 0 fully saturated rings. The topological polar surface area (TPSA) is 42.3 Å². The lowest BCUT2D eigenvalue weighted by molar-refractivity contribution is 0.100. The first kappa shape index (κ1) is 16.3. The molecule has 1 aromatic carbocycles. The third-order valence-electron chi connectivity index (χ3n) is 2.50. The number of aliphatic imine (C=N–C) groups is 1. The van der Waals surface area contributed by atoms with E-state index in [2.05, 4.69) is 9.98 Å². The summed E-state index contributed by atoms with van der Waals surface area (Å²) < 4.78 is 0. The number of hydrogen-bond acceptors (Lipinski definition) is 3. The van der Waals surface area contributed by atoms with Gasteiger partial charge in [0.05, 0.1) is 10.0 Å². The van der Waals surface area contributed by atoms with Crippen molar-refractivity contribution in [3.8, 4) is 0 Å². The zero-order chi connectivity index (χ0) is 15.4. The van der Waals surface area contributed by atoms with Crippen LogP contribution in [-0.2, 0) is 0 Å². The van der Waals surface area contributed by atoms with Gasteiger partial charge in [0.25, 0.3) is 5.91 Å². The molecule has 0 aliphatic heterocycles. The van der Waals surface area contributed by atoms with Gasteiger partial charge in [0.1, 0.15) is 10.7 Å². The Morgan fingerprint density at radius 2 is 1.81 bits per heavy atom. The molecule has 0 aliphatic rings. The van der Waals surface area contributed by atoms with Crippen LogP contribution in [0, 0.1) is 0 Å². The number of aromatic nitrogens is 1. The molecule has 3 nitrogen and oxygen atoms in total. The standard InChI is InChI=1S/C14H9Cl3N2OS/c1-21-14(12-11(17)6-10(16)7-18-12)19-13(20)8-2-4-9(15)5-3-8/h2-7H,1H3. The van der Waals surface area contributed by atoms with E-state index in [1.165, 1.54) is 18.0 Å². The summed E-state index contributed by atoms with van der Waals surface area (Å²) in [6.07, 6.45) is 3.25. The van der Waals surface area contributed by atoms with Crippen LogP contribution in [0.25, 0.3) is 0 Å². The molecule has 0 radical (unpaired) electrons. The average molecular weight is 360 g/mol. The minimum Gasteiger partial charge on any atom is -0.267 e. The summed E-state index contributed by atoms with van der Waals surface area (Å²) in [4.78, 5) is 20.3. The Hall–Kier alpha value is -1.07. The van der Waals surface area contributed by atoms with Crippen LogP contribution >= 0.6 is 46.6 Å². The van der Waals surface area contributed by atoms with Gasteiger partial charge in [-0.3, -0.25) is 9.78 Å². The van der Waals surface area contributed by atoms with Crippen molar-refractivity contribution in [2.75, 3.05) is 6.26 Å². The Morgan fingerprint density at radius 1 is 1.14 bits per heavy atom. The van der Waals surface area contributed by atoms with E-state index in [0.717, 1.165) is 0 Å². The van der Waals surface area contributed by atoms with Crippen LogP contribution in [0.2, 0.25) is 15.1 Å². The molecule has 0 unspecified atom stereocenters. The van der Waals surface area contributed by atoms with E-state index in [1.54, 1.807) is 36.6 Å². The second-order valence-electron chi connectivity index (χ2n) is 3.92. The molecule has 0 saturated carbocycles. The lowest BCUT2D eigenvalue weighted by Crippen LogP contribution is -2.05. The average Bonchev–Trinajstić information content (AvgIpc) is 2.46. The maximum absolute atomic E-state index is 12.1. The Bertz CT molecular complexity index is 702. The van der Waals surface area contributed by atoms with Crippen molar-refractivity contribution in [1.29, 1.82) is 0 Å². The highest BCUT2D eigenvalue weighted by atomic mass is 35.5. The molecule has 2 rings (SSSR count). The fourth-order valence-corrected chi connectivity index (χ4v) is 2.70. The molecule has 0 bridgehead atoms. The van der Waals surface area contributed by atoms with Gasteiger partial charge in [0.15, 0.2) is 0 Å². The first-order chi connectivity index (χ1) is 10.0. The first-order valence-electron chi connectivity index (χ1n) is 5.75. The van der Waals surface area contributed by atoms with Gasteiger partial charge >= 0.3 is 0 Å². The van der Waals surface area contributed by atoms with Crippen molar-refractivity contribution < 1.29 is 4.79 Å². The number of halogens is 3. The largest absolute Gasteiger partial charge is 0.278 e. The summed E-state index contributed by atoms with van der Waals surface area (Å²) in [6.45, 7) is 0. The van der Waals surface area contributed by atoms with Crippen LogP contribution in [-0.4, -0.2) is 22.2 Å². The number of hydrogen-bond donors (Lipinski definition) is 0. The molecule has 1 heterocycles. The molecular formula is C14H9Cl3N2OS. The van der Waals surface area contributed by atoms with Crippen LogP contribution in [0.1, 0.15) is 16.1 Å². The van der Waals surface area contributed by atoms with Crippen LogP contribution in [0.3, 0.4) is 0 Å². The minimum atomic E-state index is -0.385. The van der Waals surface area contributed by atoms with Crippen LogP contribution in [0.4, 0.5) is 0 Å². The number of amides is 1. The second kappa shape index (κ2) is 7.27. The van der Waals surface area contributed by atoms with Gasteiger partial charge in [-0.05, 0) is 36.6 Å². The normalized spacial score (nSPS) is 11.5. The molecule has 0 N–H and O–H groups in total. The molecule has 21 heavy (non-hydrogen) atoms. The van der Waals surface area contributed by atoms with E-state index in [-0.39, 0.29) is 5.91 Å². The van der Waals surface area contributed by atoms with E-state index in [0.29, 0.717) is 31.4 Å². The fraction of sp³-hybridized carbons (Fsp3) is 0.0714. The zero-order valence-corrected chi connectivity index (χ0v) is 13.9. The Morgan fingerprint density at radius 3 is 2.38 bits per heavy atom. The monoisotopic (exact) mass is 358 g/mol. The SMILES string of the molecule is CSC(=NC(=O)c1ccc(Cl)cc1)c1ncc(Cl)cc1Cl. The first-order valence-corrected chi connectivity index (χ1v) is 8.11. The third-order valence-corrected chi connectivity index (χ3v) is 3.92. The van der Waals surface area contributed by atoms with Gasteiger partial charge in [0, 0.05) is 16.8 Å². The number of pyridine rings is 1. The van der Waals surface area contributed by atoms with Crippen LogP contribution < -0.4 is 0 Å². The van der Waals surface area contributed by atoms with Crippen molar-refractivity contribution in [3.05, 3.63) is 62.9 Å². The molecule has 1 amide bonds. The highest BCUT2D eigenvalue weighted by molar-refractivity contribution is 8.13. The maximum atomic E-state index is 12.1. The van der Waals surface area contributed by atoms with E-state index < -0.39 is 0 Å². The van der Waals surface area contributed by atoms with Gasteiger partial charge in [-0.2, -0.15) is 0 Å². The number of benzene rings is 1. The predicted octanol–water partition coefficient (Wildman–Crippen LogP) is 4.99. The van der Waals surface area contributed by atoms with Crippen molar-refractivity contribution in [2.45, 2.75) is 0 Å². The summed E-state index contributed by atoms with van der Waals surface area (Å²) in [7, 11) is 0. The van der Waals surface area contributed by atoms with Crippen molar-refractivity contribution in [2.24, 2.45) is 4.99 Å². The Balaban J connectivity index is 2.36. The molecule has 0 saturated heterocycles. The Kier molecular flexibility index (Phi) is 5.65. The van der Waals surface area contributed by atoms with Crippen molar-refractivity contribution in [3.63, 3.8) is 0 Å². The van der Waals surface area contributed by atoms with Gasteiger partial charge in [-0.15, -0.1) is 11.8 Å². The van der Waals surface area contributed by atoms with Gasteiger partial charge in [0.2, 0.25) is 0 Å². The zero-order valence-electron chi connectivity index (χ0n) is 10.8. The van der Waals surface area contributed by atoms with Gasteiger partial charge in [-0.1, -0.05) is 34.8 Å². The van der Waals surface area contributed by atoms with Gasteiger partial charge < -0.3 is 0 Å². The highest BCUT2D eigenvalue weighted by Crippen LogP contribution is 2.23. The smallest absolute Gasteiger partial charge is 0.267 e. The molecule has 7 heteroatoms. The highest BCUT2D eigenvalue weighted by Gasteiger charge is 2.13. The summed E-state index contributed by atoms with van der Waals surface area (Å²) >= 11 is 19.0. The molecule has 1 aromatic heterocycles. The molecule has 0 atom stereocenters. The molecular weight excluding hydrogens is 351 g/mol. The van der Waals surface area contributed by atoms with Crippen LogP contribution in [0.15, 0.2) is 41.5 Å². The Labute approximate surface area is 141 Å². The second-order valence-corrected chi connectivity index (χ2v) is 5.99. The fourth-order valence-electron chi connectivity index (χ4n) is 1.52. The number of rotatable bonds is 2. The third kappa shape index (κ3) is 4.20. The molecule has 0 spiro atoms. The van der Waals surface area contributed by atoms with Crippen molar-refractivity contribution in [1.82, 2.24) is 4.98 Å².